The van der Waals surface area contributed by atoms with Crippen molar-refractivity contribution in [1.82, 2.24) is 10.2 Å². The van der Waals surface area contributed by atoms with E-state index in [1.807, 2.05) is 0 Å². The van der Waals surface area contributed by atoms with Gasteiger partial charge in [0.15, 0.2) is 0 Å². The van der Waals surface area contributed by atoms with Gasteiger partial charge in [-0.05, 0) is 45.3 Å². The quantitative estimate of drug-likeness (QED) is 0.782. The summed E-state index contributed by atoms with van der Waals surface area (Å²) >= 11 is 0. The lowest BCUT2D eigenvalue weighted by atomic mass is 10.0. The molecule has 0 radical (unpaired) electrons. The first-order valence-electron chi connectivity index (χ1n) is 6.54. The molecule has 102 valence electrons. The zero-order chi connectivity index (χ0) is 12.7. The fourth-order valence-electron chi connectivity index (χ4n) is 2.33. The summed E-state index contributed by atoms with van der Waals surface area (Å²) in [7, 11) is 0. The normalized spacial score (nSPS) is 22.1. The van der Waals surface area contributed by atoms with Crippen molar-refractivity contribution in [3.05, 3.63) is 0 Å². The number of nitrogens with zero attached hydrogens (tertiary/aromatic N) is 1. The van der Waals surface area contributed by atoms with Crippen LogP contribution in [-0.4, -0.2) is 43.3 Å². The first-order valence-corrected chi connectivity index (χ1v) is 6.54. The third kappa shape index (κ3) is 6.88. The van der Waals surface area contributed by atoms with Crippen LogP contribution in [0.3, 0.4) is 0 Å². The maximum Gasteiger partial charge on any atom is 0.401 e. The molecule has 0 amide bonds. The molecule has 5 heteroatoms. The van der Waals surface area contributed by atoms with E-state index in [1.54, 1.807) is 6.92 Å². The van der Waals surface area contributed by atoms with E-state index in [-0.39, 0.29) is 0 Å². The Kier molecular flexibility index (Phi) is 6.27. The number of hydrogen-bond acceptors (Lipinski definition) is 2. The number of nitrogens with one attached hydrogen (secondary N) is 1. The summed E-state index contributed by atoms with van der Waals surface area (Å²) in [5.74, 6) is 0. The summed E-state index contributed by atoms with van der Waals surface area (Å²) in [4.78, 5) is 1.48. The predicted molar refractivity (Wildman–Crippen MR) is 63.0 cm³/mol. The maximum atomic E-state index is 12.2. The lowest BCUT2D eigenvalue weighted by molar-refractivity contribution is -0.145. The number of piperidine rings is 1. The molecule has 1 aliphatic rings. The van der Waals surface area contributed by atoms with Crippen molar-refractivity contribution < 1.29 is 13.2 Å². The molecular weight excluding hydrogens is 229 g/mol. The number of halogens is 3. The number of alkyl halides is 3. The smallest absolute Gasteiger partial charge is 0.314 e. The summed E-state index contributed by atoms with van der Waals surface area (Å²) in [5.41, 5.74) is 0. The number of hydrogen-bond donors (Lipinski definition) is 1. The predicted octanol–water partition coefficient (Wildman–Crippen LogP) is 2.79. The van der Waals surface area contributed by atoms with Crippen LogP contribution in [0.4, 0.5) is 13.2 Å². The van der Waals surface area contributed by atoms with Crippen LogP contribution in [0, 0.1) is 0 Å². The van der Waals surface area contributed by atoms with Gasteiger partial charge in [-0.15, -0.1) is 0 Å². The van der Waals surface area contributed by atoms with Crippen LogP contribution in [0.5, 0.6) is 0 Å². The molecule has 0 aromatic heterocycles. The van der Waals surface area contributed by atoms with E-state index < -0.39 is 12.7 Å². The Balaban J connectivity index is 2.14. The van der Waals surface area contributed by atoms with Crippen LogP contribution in [0.2, 0.25) is 0 Å². The minimum absolute atomic E-state index is 0.470. The first kappa shape index (κ1) is 14.8. The Bertz CT molecular complexity index is 200. The van der Waals surface area contributed by atoms with Crippen molar-refractivity contribution in [2.75, 3.05) is 26.2 Å². The van der Waals surface area contributed by atoms with Crippen molar-refractivity contribution in [3.8, 4) is 0 Å². The van der Waals surface area contributed by atoms with Crippen LogP contribution in [0.25, 0.3) is 0 Å². The zero-order valence-corrected chi connectivity index (χ0v) is 10.5. The van der Waals surface area contributed by atoms with Gasteiger partial charge in [0, 0.05) is 6.04 Å². The molecule has 1 rings (SSSR count). The summed E-state index contributed by atoms with van der Waals surface area (Å²) in [6.45, 7) is 3.09. The molecule has 1 saturated heterocycles. The van der Waals surface area contributed by atoms with Gasteiger partial charge in [0.25, 0.3) is 0 Å². The Morgan fingerprint density at radius 1 is 1.29 bits per heavy atom. The van der Waals surface area contributed by atoms with Gasteiger partial charge in [-0.2, -0.15) is 13.2 Å². The van der Waals surface area contributed by atoms with Crippen LogP contribution < -0.4 is 5.32 Å². The Hall–Kier alpha value is -0.290. The Morgan fingerprint density at radius 3 is 2.59 bits per heavy atom. The van der Waals surface area contributed by atoms with Crippen LogP contribution >= 0.6 is 0 Å². The second-order valence-corrected chi connectivity index (χ2v) is 4.77. The standard InChI is InChI=1S/C12H23F3N2/c1-2-17(10-12(13,14)15)9-5-7-11-6-3-4-8-16-11/h11,16H,2-10H2,1H3. The Labute approximate surface area is 102 Å². The average molecular weight is 252 g/mol. The molecule has 0 aromatic rings. The van der Waals surface area contributed by atoms with Crippen LogP contribution in [-0.2, 0) is 0 Å². The summed E-state index contributed by atoms with van der Waals surface area (Å²) < 4.78 is 36.7. The minimum Gasteiger partial charge on any atom is -0.314 e. The van der Waals surface area contributed by atoms with Crippen molar-refractivity contribution in [2.45, 2.75) is 51.2 Å². The van der Waals surface area contributed by atoms with Gasteiger partial charge in [-0.25, -0.2) is 0 Å². The zero-order valence-electron chi connectivity index (χ0n) is 10.5. The monoisotopic (exact) mass is 252 g/mol. The van der Waals surface area contributed by atoms with Crippen LogP contribution in [0.15, 0.2) is 0 Å². The molecule has 1 unspecified atom stereocenters. The second-order valence-electron chi connectivity index (χ2n) is 4.77. The molecule has 1 atom stereocenters. The van der Waals surface area contributed by atoms with Gasteiger partial charge in [0.05, 0.1) is 6.54 Å². The molecule has 0 aromatic carbocycles. The molecule has 1 N–H and O–H groups in total. The van der Waals surface area contributed by atoms with Crippen molar-refractivity contribution in [2.24, 2.45) is 0 Å². The van der Waals surface area contributed by atoms with Gasteiger partial charge in [0.2, 0.25) is 0 Å². The largest absolute Gasteiger partial charge is 0.401 e. The fourth-order valence-corrected chi connectivity index (χ4v) is 2.33. The minimum atomic E-state index is -4.07. The molecule has 0 bridgehead atoms. The third-order valence-electron chi connectivity index (χ3n) is 3.29. The molecule has 1 heterocycles. The van der Waals surface area contributed by atoms with Gasteiger partial charge >= 0.3 is 6.18 Å². The fraction of sp³-hybridized carbons (Fsp3) is 1.00. The maximum absolute atomic E-state index is 12.2. The summed E-state index contributed by atoms with van der Waals surface area (Å²) in [6, 6.07) is 0.522. The molecular formula is C12H23F3N2. The highest BCUT2D eigenvalue weighted by Crippen LogP contribution is 2.17. The molecule has 2 nitrogen and oxygen atoms in total. The highest BCUT2D eigenvalue weighted by atomic mass is 19.4. The van der Waals surface area contributed by atoms with E-state index in [0.717, 1.165) is 19.4 Å². The first-order chi connectivity index (χ1) is 8.01. The van der Waals surface area contributed by atoms with Crippen molar-refractivity contribution in [3.63, 3.8) is 0 Å². The van der Waals surface area contributed by atoms with E-state index in [0.29, 0.717) is 19.1 Å². The van der Waals surface area contributed by atoms with E-state index in [1.165, 1.54) is 24.2 Å². The Morgan fingerprint density at radius 2 is 2.06 bits per heavy atom. The van der Waals surface area contributed by atoms with Crippen LogP contribution in [0.1, 0.15) is 39.0 Å². The lowest BCUT2D eigenvalue weighted by Crippen LogP contribution is -2.37. The molecule has 17 heavy (non-hydrogen) atoms. The molecule has 0 saturated carbocycles. The second kappa shape index (κ2) is 7.21. The number of rotatable bonds is 6. The van der Waals surface area contributed by atoms with Crippen molar-refractivity contribution in [1.29, 1.82) is 0 Å². The SMILES string of the molecule is CCN(CCCC1CCCCN1)CC(F)(F)F. The van der Waals surface area contributed by atoms with Gasteiger partial charge in [-0.1, -0.05) is 13.3 Å². The van der Waals surface area contributed by atoms with Gasteiger partial charge in [-0.3, -0.25) is 4.90 Å². The highest BCUT2D eigenvalue weighted by Gasteiger charge is 2.29. The summed E-state index contributed by atoms with van der Waals surface area (Å²) in [5, 5.41) is 3.42. The molecule has 1 aliphatic heterocycles. The summed E-state index contributed by atoms with van der Waals surface area (Å²) in [6.07, 6.45) is 1.42. The van der Waals surface area contributed by atoms with Gasteiger partial charge < -0.3 is 5.32 Å². The van der Waals surface area contributed by atoms with Crippen molar-refractivity contribution >= 4 is 0 Å². The topological polar surface area (TPSA) is 15.3 Å². The van der Waals surface area contributed by atoms with E-state index in [4.69, 9.17) is 0 Å². The van der Waals surface area contributed by atoms with E-state index in [9.17, 15) is 13.2 Å². The molecule has 0 aliphatic carbocycles. The highest BCUT2D eigenvalue weighted by molar-refractivity contribution is 4.73. The van der Waals surface area contributed by atoms with E-state index >= 15 is 0 Å². The van der Waals surface area contributed by atoms with E-state index in [2.05, 4.69) is 5.32 Å². The lowest BCUT2D eigenvalue weighted by Gasteiger charge is -2.26. The van der Waals surface area contributed by atoms with Gasteiger partial charge in [0.1, 0.15) is 0 Å². The average Bonchev–Trinajstić information content (AvgIpc) is 2.27. The third-order valence-corrected chi connectivity index (χ3v) is 3.29. The molecule has 0 spiro atoms. The molecule has 1 fully saturated rings.